The molecule has 0 amide bonds. The van der Waals surface area contributed by atoms with Crippen LogP contribution in [-0.4, -0.2) is 12.6 Å². The molecule has 0 aliphatic heterocycles. The van der Waals surface area contributed by atoms with Crippen LogP contribution in [0, 0.1) is 5.41 Å². The normalized spacial score (nSPS) is 20.2. The van der Waals surface area contributed by atoms with Crippen molar-refractivity contribution in [2.45, 2.75) is 97.4 Å². The minimum absolute atomic E-state index is 0.649. The van der Waals surface area contributed by atoms with Crippen LogP contribution >= 0.6 is 0 Å². The molecule has 1 aliphatic rings. The Hall–Kier alpha value is -0.0400. The maximum absolute atomic E-state index is 3.81. The zero-order chi connectivity index (χ0) is 13.3. The second kappa shape index (κ2) is 8.96. The van der Waals surface area contributed by atoms with E-state index in [1.165, 1.54) is 77.2 Å². The average Bonchev–Trinajstić information content (AvgIpc) is 2.86. The molecule has 1 nitrogen and oxygen atoms in total. The maximum atomic E-state index is 3.81. The number of hydrogen-bond acceptors (Lipinski definition) is 1. The van der Waals surface area contributed by atoms with Crippen molar-refractivity contribution in [3.05, 3.63) is 0 Å². The Morgan fingerprint density at radius 3 is 2.28 bits per heavy atom. The van der Waals surface area contributed by atoms with Crippen LogP contribution in [0.15, 0.2) is 0 Å². The Morgan fingerprint density at radius 1 is 1.00 bits per heavy atom. The van der Waals surface area contributed by atoms with Crippen LogP contribution in [0.2, 0.25) is 0 Å². The molecule has 1 heteroatoms. The van der Waals surface area contributed by atoms with E-state index in [0.29, 0.717) is 5.41 Å². The molecule has 1 N–H and O–H groups in total. The monoisotopic (exact) mass is 253 g/mol. The van der Waals surface area contributed by atoms with E-state index in [1.54, 1.807) is 0 Å². The zero-order valence-electron chi connectivity index (χ0n) is 13.1. The van der Waals surface area contributed by atoms with Gasteiger partial charge in [0.1, 0.15) is 0 Å². The summed E-state index contributed by atoms with van der Waals surface area (Å²) in [6, 6.07) is 0.718. The van der Waals surface area contributed by atoms with Crippen molar-refractivity contribution in [2.75, 3.05) is 6.54 Å². The van der Waals surface area contributed by atoms with Gasteiger partial charge in [-0.3, -0.25) is 0 Å². The standard InChI is InChI=1S/C17H35N/c1-4-6-7-8-9-12-16(3)18-15-17(5-2)13-10-11-14-17/h16,18H,4-15H2,1-3H3. The molecule has 108 valence electrons. The van der Waals surface area contributed by atoms with E-state index in [4.69, 9.17) is 0 Å². The molecule has 0 aromatic rings. The quantitative estimate of drug-likeness (QED) is 0.521. The largest absolute Gasteiger partial charge is 0.314 e. The lowest BCUT2D eigenvalue weighted by molar-refractivity contribution is 0.255. The SMILES string of the molecule is CCCCCCCC(C)NCC1(CC)CCCC1. The molecule has 0 saturated heterocycles. The summed E-state index contributed by atoms with van der Waals surface area (Å²) in [5, 5.41) is 3.81. The number of rotatable bonds is 10. The van der Waals surface area contributed by atoms with E-state index in [0.717, 1.165) is 6.04 Å². The van der Waals surface area contributed by atoms with Crippen LogP contribution < -0.4 is 5.32 Å². The molecule has 1 fully saturated rings. The van der Waals surface area contributed by atoms with E-state index in [9.17, 15) is 0 Å². The Bertz CT molecular complexity index is 194. The van der Waals surface area contributed by atoms with Crippen molar-refractivity contribution in [2.24, 2.45) is 5.41 Å². The van der Waals surface area contributed by atoms with Crippen molar-refractivity contribution in [1.29, 1.82) is 0 Å². The first-order valence-electron chi connectivity index (χ1n) is 8.46. The minimum atomic E-state index is 0.649. The highest BCUT2D eigenvalue weighted by Gasteiger charge is 2.31. The molecule has 18 heavy (non-hydrogen) atoms. The fourth-order valence-electron chi connectivity index (χ4n) is 3.33. The van der Waals surface area contributed by atoms with Crippen LogP contribution in [0.5, 0.6) is 0 Å². The van der Waals surface area contributed by atoms with E-state index in [1.807, 2.05) is 0 Å². The number of unbranched alkanes of at least 4 members (excludes halogenated alkanes) is 4. The summed E-state index contributed by atoms with van der Waals surface area (Å²) in [6.45, 7) is 8.30. The van der Waals surface area contributed by atoms with Crippen molar-refractivity contribution < 1.29 is 0 Å². The van der Waals surface area contributed by atoms with Crippen molar-refractivity contribution in [1.82, 2.24) is 5.32 Å². The predicted molar refractivity (Wildman–Crippen MR) is 82.0 cm³/mol. The Balaban J connectivity index is 2.06. The minimum Gasteiger partial charge on any atom is -0.314 e. The average molecular weight is 253 g/mol. The lowest BCUT2D eigenvalue weighted by atomic mass is 9.83. The molecule has 0 aromatic carbocycles. The van der Waals surface area contributed by atoms with Crippen molar-refractivity contribution in [3.63, 3.8) is 0 Å². The highest BCUT2D eigenvalue weighted by Crippen LogP contribution is 2.40. The van der Waals surface area contributed by atoms with E-state index in [-0.39, 0.29) is 0 Å². The molecule has 0 radical (unpaired) electrons. The molecule has 1 unspecified atom stereocenters. The van der Waals surface area contributed by atoms with Gasteiger partial charge in [0.25, 0.3) is 0 Å². The fraction of sp³-hybridized carbons (Fsp3) is 1.00. The van der Waals surface area contributed by atoms with Gasteiger partial charge >= 0.3 is 0 Å². The Morgan fingerprint density at radius 2 is 1.67 bits per heavy atom. The van der Waals surface area contributed by atoms with Gasteiger partial charge in [0.15, 0.2) is 0 Å². The molecular weight excluding hydrogens is 218 g/mol. The van der Waals surface area contributed by atoms with Gasteiger partial charge in [0.05, 0.1) is 0 Å². The van der Waals surface area contributed by atoms with Crippen LogP contribution in [-0.2, 0) is 0 Å². The van der Waals surface area contributed by atoms with E-state index < -0.39 is 0 Å². The summed E-state index contributed by atoms with van der Waals surface area (Å²) < 4.78 is 0. The molecule has 1 aliphatic carbocycles. The zero-order valence-corrected chi connectivity index (χ0v) is 13.1. The number of nitrogens with one attached hydrogen (secondary N) is 1. The molecule has 1 saturated carbocycles. The van der Waals surface area contributed by atoms with Gasteiger partial charge in [-0.15, -0.1) is 0 Å². The first-order chi connectivity index (χ1) is 8.72. The Labute approximate surface area is 115 Å². The molecule has 0 spiro atoms. The highest BCUT2D eigenvalue weighted by atomic mass is 14.9. The van der Waals surface area contributed by atoms with E-state index in [2.05, 4.69) is 26.1 Å². The lowest BCUT2D eigenvalue weighted by Crippen LogP contribution is -2.36. The summed E-state index contributed by atoms with van der Waals surface area (Å²) in [4.78, 5) is 0. The summed E-state index contributed by atoms with van der Waals surface area (Å²) in [5.41, 5.74) is 0.649. The van der Waals surface area contributed by atoms with Gasteiger partial charge in [-0.25, -0.2) is 0 Å². The van der Waals surface area contributed by atoms with Crippen molar-refractivity contribution in [3.8, 4) is 0 Å². The first kappa shape index (κ1) is 16.0. The molecule has 1 rings (SSSR count). The van der Waals surface area contributed by atoms with Crippen LogP contribution in [0.4, 0.5) is 0 Å². The summed E-state index contributed by atoms with van der Waals surface area (Å²) in [7, 11) is 0. The second-order valence-corrected chi connectivity index (χ2v) is 6.55. The summed E-state index contributed by atoms with van der Waals surface area (Å²) in [5.74, 6) is 0. The predicted octanol–water partition coefficient (Wildman–Crippen LogP) is 5.30. The van der Waals surface area contributed by atoms with Crippen LogP contribution in [0.1, 0.15) is 91.4 Å². The van der Waals surface area contributed by atoms with E-state index >= 15 is 0 Å². The molecular formula is C17H35N. The molecule has 0 bridgehead atoms. The van der Waals surface area contributed by atoms with Gasteiger partial charge in [-0.2, -0.15) is 0 Å². The first-order valence-corrected chi connectivity index (χ1v) is 8.46. The van der Waals surface area contributed by atoms with Gasteiger partial charge in [-0.1, -0.05) is 58.8 Å². The third-order valence-corrected chi connectivity index (χ3v) is 4.98. The highest BCUT2D eigenvalue weighted by molar-refractivity contribution is 4.86. The summed E-state index contributed by atoms with van der Waals surface area (Å²) in [6.07, 6.45) is 15.6. The van der Waals surface area contributed by atoms with Crippen molar-refractivity contribution >= 4 is 0 Å². The summed E-state index contributed by atoms with van der Waals surface area (Å²) >= 11 is 0. The van der Waals surface area contributed by atoms with Gasteiger partial charge in [0.2, 0.25) is 0 Å². The lowest BCUT2D eigenvalue weighted by Gasteiger charge is -2.29. The third kappa shape index (κ3) is 5.73. The fourth-order valence-corrected chi connectivity index (χ4v) is 3.33. The number of hydrogen-bond donors (Lipinski definition) is 1. The second-order valence-electron chi connectivity index (χ2n) is 6.55. The van der Waals surface area contributed by atoms with Crippen LogP contribution in [0.3, 0.4) is 0 Å². The van der Waals surface area contributed by atoms with Gasteiger partial charge in [0, 0.05) is 12.6 Å². The smallest absolute Gasteiger partial charge is 0.00389 e. The molecule has 0 aromatic heterocycles. The Kier molecular flexibility index (Phi) is 7.97. The maximum Gasteiger partial charge on any atom is 0.00389 e. The third-order valence-electron chi connectivity index (χ3n) is 4.98. The van der Waals surface area contributed by atoms with Gasteiger partial charge in [-0.05, 0) is 38.0 Å². The topological polar surface area (TPSA) is 12.0 Å². The molecule has 0 heterocycles. The van der Waals surface area contributed by atoms with Gasteiger partial charge < -0.3 is 5.32 Å². The van der Waals surface area contributed by atoms with Crippen LogP contribution in [0.25, 0.3) is 0 Å². The molecule has 1 atom stereocenters.